The zero-order valence-corrected chi connectivity index (χ0v) is 9.38. The number of hydrogen-bond acceptors (Lipinski definition) is 4. The van der Waals surface area contributed by atoms with E-state index < -0.39 is 0 Å². The lowest BCUT2D eigenvalue weighted by Crippen LogP contribution is -1.98. The van der Waals surface area contributed by atoms with Crippen LogP contribution in [0, 0.1) is 0 Å². The van der Waals surface area contributed by atoms with Crippen molar-refractivity contribution < 1.29 is 0 Å². The summed E-state index contributed by atoms with van der Waals surface area (Å²) in [4.78, 5) is 12.8. The van der Waals surface area contributed by atoms with E-state index in [2.05, 4.69) is 28.8 Å². The lowest BCUT2D eigenvalue weighted by atomic mass is 10.2. The van der Waals surface area contributed by atoms with Gasteiger partial charge in [-0.15, -0.1) is 0 Å². The topological polar surface area (TPSA) is 64.7 Å². The molecule has 16 heavy (non-hydrogen) atoms. The fraction of sp³-hybridized carbons (Fsp3) is 0.250. The van der Waals surface area contributed by atoms with Gasteiger partial charge in [0.05, 0.1) is 5.69 Å². The normalized spacial score (nSPS) is 10.7. The molecule has 0 fully saturated rings. The van der Waals surface area contributed by atoms with E-state index in [1.165, 1.54) is 0 Å². The molecule has 4 nitrogen and oxygen atoms in total. The summed E-state index contributed by atoms with van der Waals surface area (Å²) < 4.78 is 0. The van der Waals surface area contributed by atoms with E-state index in [0.717, 1.165) is 17.1 Å². The van der Waals surface area contributed by atoms with Gasteiger partial charge >= 0.3 is 0 Å². The maximum Gasteiger partial charge on any atom is 0.130 e. The van der Waals surface area contributed by atoms with Crippen molar-refractivity contribution in [2.24, 2.45) is 0 Å². The number of aromatic nitrogens is 3. The van der Waals surface area contributed by atoms with Gasteiger partial charge in [-0.25, -0.2) is 15.0 Å². The molecule has 2 aromatic heterocycles. The molecule has 0 saturated heterocycles. The summed E-state index contributed by atoms with van der Waals surface area (Å²) in [6.45, 7) is 4.13. The van der Waals surface area contributed by atoms with E-state index in [4.69, 9.17) is 5.73 Å². The standard InChI is InChI=1S/C12H14N4/c1-8(2)12-14-6-9(7-15-12)10-4-3-5-11(13)16-10/h3-8H,1-2H3,(H2,13,16). The van der Waals surface area contributed by atoms with Crippen molar-refractivity contribution in [3.05, 3.63) is 36.4 Å². The first-order chi connectivity index (χ1) is 7.66. The third-order valence-electron chi connectivity index (χ3n) is 2.25. The molecule has 0 aliphatic heterocycles. The third kappa shape index (κ3) is 2.16. The SMILES string of the molecule is CC(C)c1ncc(-c2cccc(N)n2)cn1. The molecular weight excluding hydrogens is 200 g/mol. The Balaban J connectivity index is 2.35. The van der Waals surface area contributed by atoms with Crippen molar-refractivity contribution in [1.29, 1.82) is 0 Å². The zero-order chi connectivity index (χ0) is 11.5. The Morgan fingerprint density at radius 1 is 1.12 bits per heavy atom. The summed E-state index contributed by atoms with van der Waals surface area (Å²) in [5, 5.41) is 0. The smallest absolute Gasteiger partial charge is 0.130 e. The van der Waals surface area contributed by atoms with E-state index in [1.54, 1.807) is 18.5 Å². The number of rotatable bonds is 2. The molecule has 0 saturated carbocycles. The minimum Gasteiger partial charge on any atom is -0.384 e. The molecule has 0 atom stereocenters. The molecule has 0 aliphatic rings. The van der Waals surface area contributed by atoms with Crippen molar-refractivity contribution in [1.82, 2.24) is 15.0 Å². The van der Waals surface area contributed by atoms with Crippen LogP contribution in [0.2, 0.25) is 0 Å². The van der Waals surface area contributed by atoms with Crippen molar-refractivity contribution in [2.45, 2.75) is 19.8 Å². The van der Waals surface area contributed by atoms with Gasteiger partial charge < -0.3 is 5.73 Å². The Morgan fingerprint density at radius 3 is 2.38 bits per heavy atom. The van der Waals surface area contributed by atoms with Crippen LogP contribution >= 0.6 is 0 Å². The molecule has 0 aliphatic carbocycles. The molecule has 2 N–H and O–H groups in total. The fourth-order valence-electron chi connectivity index (χ4n) is 1.38. The summed E-state index contributed by atoms with van der Waals surface area (Å²) in [5.41, 5.74) is 7.31. The van der Waals surface area contributed by atoms with Gasteiger partial charge in [0.2, 0.25) is 0 Å². The third-order valence-corrected chi connectivity index (χ3v) is 2.25. The van der Waals surface area contributed by atoms with E-state index >= 15 is 0 Å². The highest BCUT2D eigenvalue weighted by atomic mass is 14.9. The van der Waals surface area contributed by atoms with Crippen LogP contribution in [0.4, 0.5) is 5.82 Å². The lowest BCUT2D eigenvalue weighted by molar-refractivity contribution is 0.774. The Kier molecular flexibility index (Phi) is 2.81. The number of nitrogens with zero attached hydrogens (tertiary/aromatic N) is 3. The molecule has 2 rings (SSSR count). The second-order valence-electron chi connectivity index (χ2n) is 3.93. The number of nitrogens with two attached hydrogens (primary N) is 1. The molecule has 2 heterocycles. The highest BCUT2D eigenvalue weighted by Crippen LogP contribution is 2.17. The van der Waals surface area contributed by atoms with Crippen LogP contribution in [0.3, 0.4) is 0 Å². The van der Waals surface area contributed by atoms with Gasteiger partial charge in [-0.3, -0.25) is 0 Å². The predicted molar refractivity (Wildman–Crippen MR) is 63.8 cm³/mol. The second-order valence-corrected chi connectivity index (χ2v) is 3.93. The van der Waals surface area contributed by atoms with Gasteiger partial charge in [0.1, 0.15) is 11.6 Å². The molecule has 0 aromatic carbocycles. The maximum absolute atomic E-state index is 5.62. The van der Waals surface area contributed by atoms with Gasteiger partial charge in [-0.1, -0.05) is 19.9 Å². The van der Waals surface area contributed by atoms with E-state index in [9.17, 15) is 0 Å². The first-order valence-corrected chi connectivity index (χ1v) is 5.21. The molecule has 82 valence electrons. The van der Waals surface area contributed by atoms with E-state index in [1.807, 2.05) is 12.1 Å². The highest BCUT2D eigenvalue weighted by molar-refractivity contribution is 5.58. The zero-order valence-electron chi connectivity index (χ0n) is 9.38. The number of nitrogen functional groups attached to an aromatic ring is 1. The second kappa shape index (κ2) is 4.26. The van der Waals surface area contributed by atoms with Crippen molar-refractivity contribution >= 4 is 5.82 Å². The number of hydrogen-bond donors (Lipinski definition) is 1. The Hall–Kier alpha value is -1.97. The summed E-state index contributed by atoms with van der Waals surface area (Å²) in [6, 6.07) is 5.52. The minimum absolute atomic E-state index is 0.336. The first-order valence-electron chi connectivity index (χ1n) is 5.21. The van der Waals surface area contributed by atoms with Gasteiger partial charge in [0.15, 0.2) is 0 Å². The number of anilines is 1. The van der Waals surface area contributed by atoms with Gasteiger partial charge in [0, 0.05) is 23.9 Å². The summed E-state index contributed by atoms with van der Waals surface area (Å²) in [7, 11) is 0. The van der Waals surface area contributed by atoms with Crippen LogP contribution in [0.5, 0.6) is 0 Å². The first kappa shape index (κ1) is 10.5. The van der Waals surface area contributed by atoms with Crippen LogP contribution in [0.15, 0.2) is 30.6 Å². The van der Waals surface area contributed by atoms with Crippen LogP contribution in [0.25, 0.3) is 11.3 Å². The predicted octanol–water partition coefficient (Wildman–Crippen LogP) is 2.24. The average molecular weight is 214 g/mol. The molecule has 0 radical (unpaired) electrons. The Bertz CT molecular complexity index is 477. The molecule has 0 bridgehead atoms. The largest absolute Gasteiger partial charge is 0.384 e. The quantitative estimate of drug-likeness (QED) is 0.832. The van der Waals surface area contributed by atoms with E-state index in [-0.39, 0.29) is 0 Å². The molecule has 2 aromatic rings. The summed E-state index contributed by atoms with van der Waals surface area (Å²) in [6.07, 6.45) is 3.56. The lowest BCUT2D eigenvalue weighted by Gasteiger charge is -2.04. The highest BCUT2D eigenvalue weighted by Gasteiger charge is 2.04. The summed E-state index contributed by atoms with van der Waals surface area (Å²) in [5.74, 6) is 1.68. The fourth-order valence-corrected chi connectivity index (χ4v) is 1.38. The molecule has 0 amide bonds. The monoisotopic (exact) mass is 214 g/mol. The average Bonchev–Trinajstić information content (AvgIpc) is 2.29. The number of pyridine rings is 1. The van der Waals surface area contributed by atoms with Crippen LogP contribution in [-0.2, 0) is 0 Å². The van der Waals surface area contributed by atoms with Crippen molar-refractivity contribution in [2.75, 3.05) is 5.73 Å². The van der Waals surface area contributed by atoms with Crippen LogP contribution in [-0.4, -0.2) is 15.0 Å². The molecule has 4 heteroatoms. The Morgan fingerprint density at radius 2 is 1.81 bits per heavy atom. The van der Waals surface area contributed by atoms with E-state index in [0.29, 0.717) is 11.7 Å². The van der Waals surface area contributed by atoms with Gasteiger partial charge in [-0.2, -0.15) is 0 Å². The van der Waals surface area contributed by atoms with Crippen molar-refractivity contribution in [3.8, 4) is 11.3 Å². The van der Waals surface area contributed by atoms with Gasteiger partial charge in [-0.05, 0) is 12.1 Å². The molecule has 0 unspecified atom stereocenters. The van der Waals surface area contributed by atoms with Crippen molar-refractivity contribution in [3.63, 3.8) is 0 Å². The maximum atomic E-state index is 5.62. The van der Waals surface area contributed by atoms with Crippen LogP contribution < -0.4 is 5.73 Å². The minimum atomic E-state index is 0.336. The molecule has 0 spiro atoms. The van der Waals surface area contributed by atoms with Crippen LogP contribution in [0.1, 0.15) is 25.6 Å². The summed E-state index contributed by atoms with van der Waals surface area (Å²) >= 11 is 0. The molecular formula is C12H14N4. The van der Waals surface area contributed by atoms with Gasteiger partial charge in [0.25, 0.3) is 0 Å². The Labute approximate surface area is 94.6 Å².